The molecule has 0 unspecified atom stereocenters. The zero-order chi connectivity index (χ0) is 18.1. The number of hydrogen-bond acceptors (Lipinski definition) is 5. The summed E-state index contributed by atoms with van der Waals surface area (Å²) in [6.07, 6.45) is 0. The number of hydrogen-bond donors (Lipinski definition) is 2. The number of anilines is 2. The Morgan fingerprint density at radius 2 is 1.88 bits per heavy atom. The van der Waals surface area contributed by atoms with Crippen molar-refractivity contribution in [1.29, 1.82) is 0 Å². The van der Waals surface area contributed by atoms with Crippen LogP contribution in [-0.2, 0) is 0 Å². The molecule has 0 spiro atoms. The molecule has 0 fully saturated rings. The van der Waals surface area contributed by atoms with E-state index in [-0.39, 0.29) is 5.56 Å². The van der Waals surface area contributed by atoms with E-state index in [0.29, 0.717) is 17.5 Å². The van der Waals surface area contributed by atoms with Gasteiger partial charge in [-0.3, -0.25) is 0 Å². The van der Waals surface area contributed by atoms with Crippen molar-refractivity contribution in [2.75, 3.05) is 5.32 Å². The van der Waals surface area contributed by atoms with Crippen molar-refractivity contribution in [3.8, 4) is 5.95 Å². The molecular formula is C18H19N5O2. The van der Waals surface area contributed by atoms with Gasteiger partial charge in [0.15, 0.2) is 0 Å². The Morgan fingerprint density at radius 1 is 1.12 bits per heavy atom. The minimum absolute atomic E-state index is 0.215. The van der Waals surface area contributed by atoms with Gasteiger partial charge in [0.25, 0.3) is 5.95 Å². The Bertz CT molecular complexity index is 962. The lowest BCUT2D eigenvalue weighted by molar-refractivity contribution is 0.0697. The lowest BCUT2D eigenvalue weighted by Crippen LogP contribution is -2.10. The van der Waals surface area contributed by atoms with Crippen molar-refractivity contribution in [2.24, 2.45) is 0 Å². The van der Waals surface area contributed by atoms with Crippen LogP contribution in [0.15, 0.2) is 30.3 Å². The van der Waals surface area contributed by atoms with Gasteiger partial charge in [-0.1, -0.05) is 6.07 Å². The molecule has 7 heteroatoms. The van der Waals surface area contributed by atoms with E-state index >= 15 is 0 Å². The fourth-order valence-corrected chi connectivity index (χ4v) is 2.53. The van der Waals surface area contributed by atoms with Crippen LogP contribution < -0.4 is 5.32 Å². The van der Waals surface area contributed by atoms with E-state index in [9.17, 15) is 4.79 Å². The molecule has 0 saturated carbocycles. The van der Waals surface area contributed by atoms with E-state index in [1.54, 1.807) is 28.9 Å². The van der Waals surface area contributed by atoms with Crippen LogP contribution in [0.4, 0.5) is 11.5 Å². The summed E-state index contributed by atoms with van der Waals surface area (Å²) in [6.45, 7) is 7.69. The van der Waals surface area contributed by atoms with Gasteiger partial charge in [0, 0.05) is 22.6 Å². The van der Waals surface area contributed by atoms with Crippen LogP contribution in [0.5, 0.6) is 0 Å². The first-order valence-corrected chi connectivity index (χ1v) is 7.84. The van der Waals surface area contributed by atoms with Gasteiger partial charge < -0.3 is 10.4 Å². The Hall–Kier alpha value is -3.22. The van der Waals surface area contributed by atoms with E-state index in [1.165, 1.54) is 0 Å². The number of aromatic nitrogens is 4. The van der Waals surface area contributed by atoms with E-state index < -0.39 is 5.97 Å². The smallest absolute Gasteiger partial charge is 0.335 e. The zero-order valence-electron chi connectivity index (χ0n) is 14.5. The Balaban J connectivity index is 2.03. The van der Waals surface area contributed by atoms with Gasteiger partial charge in [0.05, 0.1) is 11.3 Å². The van der Waals surface area contributed by atoms with Crippen LogP contribution in [0.2, 0.25) is 0 Å². The van der Waals surface area contributed by atoms with Crippen molar-refractivity contribution >= 4 is 17.5 Å². The summed E-state index contributed by atoms with van der Waals surface area (Å²) in [6, 6.07) is 8.57. The summed E-state index contributed by atoms with van der Waals surface area (Å²) in [5, 5.41) is 16.7. The highest BCUT2D eigenvalue weighted by atomic mass is 16.4. The number of carboxylic acid groups (broad SMARTS) is 1. The van der Waals surface area contributed by atoms with Crippen LogP contribution in [0, 0.1) is 27.7 Å². The minimum atomic E-state index is -0.970. The predicted molar refractivity (Wildman–Crippen MR) is 94.8 cm³/mol. The number of rotatable bonds is 4. The zero-order valence-corrected chi connectivity index (χ0v) is 14.5. The number of carbonyl (C=O) groups is 1. The third kappa shape index (κ3) is 3.35. The van der Waals surface area contributed by atoms with Crippen LogP contribution in [0.1, 0.15) is 33.0 Å². The van der Waals surface area contributed by atoms with Gasteiger partial charge in [-0.25, -0.2) is 14.5 Å². The topological polar surface area (TPSA) is 92.9 Å². The van der Waals surface area contributed by atoms with E-state index in [0.717, 1.165) is 22.6 Å². The highest BCUT2D eigenvalue weighted by Gasteiger charge is 2.13. The molecular weight excluding hydrogens is 318 g/mol. The Labute approximate surface area is 145 Å². The van der Waals surface area contributed by atoms with Crippen molar-refractivity contribution in [3.63, 3.8) is 0 Å². The first-order valence-electron chi connectivity index (χ1n) is 7.84. The lowest BCUT2D eigenvalue weighted by atomic mass is 10.2. The molecule has 0 amide bonds. The quantitative estimate of drug-likeness (QED) is 0.758. The maximum absolute atomic E-state index is 11.1. The lowest BCUT2D eigenvalue weighted by Gasteiger charge is -2.13. The monoisotopic (exact) mass is 337 g/mol. The van der Waals surface area contributed by atoms with Gasteiger partial charge in [0.2, 0.25) is 0 Å². The maximum Gasteiger partial charge on any atom is 0.335 e. The van der Waals surface area contributed by atoms with Crippen molar-refractivity contribution < 1.29 is 9.90 Å². The molecule has 7 nitrogen and oxygen atoms in total. The molecule has 1 aromatic carbocycles. The summed E-state index contributed by atoms with van der Waals surface area (Å²) >= 11 is 0. The standard InChI is InChI=1S/C18H19N5O2/c1-10-8-11(2)23(22-10)18-19-13(4)12(3)16(21-18)20-15-7-5-6-14(9-15)17(24)25/h5-9H,1-4H3,(H,24,25)(H,19,20,21). The summed E-state index contributed by atoms with van der Waals surface area (Å²) in [5.41, 5.74) is 4.43. The molecule has 0 bridgehead atoms. The molecule has 0 aliphatic carbocycles. The molecule has 2 heterocycles. The van der Waals surface area contributed by atoms with E-state index in [4.69, 9.17) is 5.11 Å². The van der Waals surface area contributed by atoms with Crippen LogP contribution in [0.3, 0.4) is 0 Å². The third-order valence-electron chi connectivity index (χ3n) is 3.95. The fraction of sp³-hybridized carbons (Fsp3) is 0.222. The van der Waals surface area contributed by atoms with Crippen molar-refractivity contribution in [1.82, 2.24) is 19.7 Å². The number of benzene rings is 1. The van der Waals surface area contributed by atoms with Gasteiger partial charge in [-0.05, 0) is 52.0 Å². The van der Waals surface area contributed by atoms with Crippen molar-refractivity contribution in [2.45, 2.75) is 27.7 Å². The second-order valence-electron chi connectivity index (χ2n) is 5.93. The molecule has 0 saturated heterocycles. The van der Waals surface area contributed by atoms with Gasteiger partial charge >= 0.3 is 5.97 Å². The van der Waals surface area contributed by atoms with Crippen LogP contribution >= 0.6 is 0 Å². The normalized spacial score (nSPS) is 10.7. The molecule has 3 aromatic rings. The largest absolute Gasteiger partial charge is 0.478 e. The van der Waals surface area contributed by atoms with E-state index in [2.05, 4.69) is 20.4 Å². The molecule has 2 aromatic heterocycles. The highest BCUT2D eigenvalue weighted by Crippen LogP contribution is 2.22. The van der Waals surface area contributed by atoms with E-state index in [1.807, 2.05) is 33.8 Å². The number of aryl methyl sites for hydroxylation is 3. The third-order valence-corrected chi connectivity index (χ3v) is 3.95. The molecule has 3 rings (SSSR count). The summed E-state index contributed by atoms with van der Waals surface area (Å²) in [7, 11) is 0. The highest BCUT2D eigenvalue weighted by molar-refractivity contribution is 5.89. The molecule has 0 radical (unpaired) electrons. The predicted octanol–water partition coefficient (Wildman–Crippen LogP) is 3.34. The molecule has 2 N–H and O–H groups in total. The van der Waals surface area contributed by atoms with Crippen molar-refractivity contribution in [3.05, 3.63) is 58.5 Å². The molecule has 128 valence electrons. The van der Waals surface area contributed by atoms with Gasteiger partial charge in [-0.2, -0.15) is 10.1 Å². The van der Waals surface area contributed by atoms with Gasteiger partial charge in [0.1, 0.15) is 5.82 Å². The summed E-state index contributed by atoms with van der Waals surface area (Å²) in [5.74, 6) is 0.130. The summed E-state index contributed by atoms with van der Waals surface area (Å²) < 4.78 is 1.70. The molecule has 25 heavy (non-hydrogen) atoms. The summed E-state index contributed by atoms with van der Waals surface area (Å²) in [4.78, 5) is 20.2. The number of aromatic carboxylic acids is 1. The minimum Gasteiger partial charge on any atom is -0.478 e. The SMILES string of the molecule is Cc1cc(C)n(-c2nc(C)c(C)c(Nc3cccc(C(=O)O)c3)n2)n1. The Kier molecular flexibility index (Phi) is 4.22. The number of nitrogens with zero attached hydrogens (tertiary/aromatic N) is 4. The maximum atomic E-state index is 11.1. The Morgan fingerprint density at radius 3 is 2.52 bits per heavy atom. The second kappa shape index (κ2) is 6.35. The van der Waals surface area contributed by atoms with Crippen LogP contribution in [-0.4, -0.2) is 30.8 Å². The second-order valence-corrected chi connectivity index (χ2v) is 5.93. The molecule has 0 atom stereocenters. The first kappa shape index (κ1) is 16.6. The average Bonchev–Trinajstić information content (AvgIpc) is 2.90. The number of carboxylic acids is 1. The molecule has 0 aliphatic heterocycles. The van der Waals surface area contributed by atoms with Crippen LogP contribution in [0.25, 0.3) is 5.95 Å². The van der Waals surface area contributed by atoms with Gasteiger partial charge in [-0.15, -0.1) is 0 Å². The number of nitrogens with one attached hydrogen (secondary N) is 1. The average molecular weight is 337 g/mol. The first-order chi connectivity index (χ1) is 11.8. The molecule has 0 aliphatic rings. The fourth-order valence-electron chi connectivity index (χ4n) is 2.53.